The van der Waals surface area contributed by atoms with Crippen LogP contribution in [-0.2, 0) is 20.7 Å². The maximum atomic E-state index is 13.2. The lowest BCUT2D eigenvalue weighted by Gasteiger charge is -2.40. The summed E-state index contributed by atoms with van der Waals surface area (Å²) in [5.41, 5.74) is -2.24. The first kappa shape index (κ1) is 24.0. The quantitative estimate of drug-likeness (QED) is 0.506. The van der Waals surface area contributed by atoms with Crippen LogP contribution in [0.25, 0.3) is 0 Å². The molecule has 3 aromatic carbocycles. The fraction of sp³-hybridized carbons (Fsp3) is 0.321. The van der Waals surface area contributed by atoms with Gasteiger partial charge in [0.15, 0.2) is 11.2 Å². The summed E-state index contributed by atoms with van der Waals surface area (Å²) in [7, 11) is 5.79. The van der Waals surface area contributed by atoms with Crippen molar-refractivity contribution in [2.45, 2.75) is 23.2 Å². The molecule has 0 radical (unpaired) electrons. The van der Waals surface area contributed by atoms with Gasteiger partial charge in [0, 0.05) is 18.1 Å². The van der Waals surface area contributed by atoms with Gasteiger partial charge in [-0.15, -0.1) is 0 Å². The number of ether oxygens (including phenoxy) is 5. The van der Waals surface area contributed by atoms with Gasteiger partial charge in [0.2, 0.25) is 0 Å². The van der Waals surface area contributed by atoms with Gasteiger partial charge in [0.25, 0.3) is 0 Å². The molecule has 8 heteroatoms. The molecule has 1 fully saturated rings. The van der Waals surface area contributed by atoms with Crippen LogP contribution >= 0.6 is 0 Å². The average molecular weight is 493 g/mol. The van der Waals surface area contributed by atoms with Crippen LogP contribution in [0, 0.1) is 5.92 Å². The number of carbonyl (C=O) groups excluding carboxylic acids is 1. The Morgan fingerprint density at radius 1 is 0.889 bits per heavy atom. The number of carbonyl (C=O) groups is 1. The van der Waals surface area contributed by atoms with Crippen LogP contribution in [0.2, 0.25) is 0 Å². The first-order valence-corrected chi connectivity index (χ1v) is 11.5. The lowest BCUT2D eigenvalue weighted by Crippen LogP contribution is -2.52. The van der Waals surface area contributed by atoms with Gasteiger partial charge in [0.05, 0.1) is 39.9 Å². The van der Waals surface area contributed by atoms with Gasteiger partial charge in [-0.2, -0.15) is 0 Å². The summed E-state index contributed by atoms with van der Waals surface area (Å²) < 4.78 is 28.2. The zero-order chi connectivity index (χ0) is 25.7. The highest BCUT2D eigenvalue weighted by atomic mass is 16.6. The monoisotopic (exact) mass is 492 g/mol. The number of methoxy groups -OCH3 is 4. The minimum absolute atomic E-state index is 0.237. The Morgan fingerprint density at radius 3 is 2.14 bits per heavy atom. The molecule has 0 spiro atoms. The Morgan fingerprint density at radius 2 is 1.56 bits per heavy atom. The molecule has 8 nitrogen and oxygen atoms in total. The van der Waals surface area contributed by atoms with E-state index in [4.69, 9.17) is 23.7 Å². The summed E-state index contributed by atoms with van der Waals surface area (Å²) in [6, 6.07) is 19.5. The highest BCUT2D eigenvalue weighted by Crippen LogP contribution is 2.70. The molecule has 36 heavy (non-hydrogen) atoms. The van der Waals surface area contributed by atoms with Crippen LogP contribution in [-0.4, -0.2) is 50.7 Å². The Balaban J connectivity index is 1.88. The Kier molecular flexibility index (Phi) is 5.81. The second kappa shape index (κ2) is 8.72. The van der Waals surface area contributed by atoms with Crippen molar-refractivity contribution in [3.8, 4) is 23.0 Å². The normalized spacial score (nSPS) is 28.0. The van der Waals surface area contributed by atoms with E-state index >= 15 is 0 Å². The molecule has 2 N–H and O–H groups in total. The lowest BCUT2D eigenvalue weighted by molar-refractivity contribution is -0.161. The van der Waals surface area contributed by atoms with Crippen LogP contribution in [0.1, 0.15) is 22.6 Å². The number of esters is 1. The molecule has 0 bridgehead atoms. The molecule has 2 unspecified atom stereocenters. The summed E-state index contributed by atoms with van der Waals surface area (Å²) in [6.07, 6.45) is -1.60. The minimum atomic E-state index is -2.09. The van der Waals surface area contributed by atoms with Crippen molar-refractivity contribution in [3.63, 3.8) is 0 Å². The van der Waals surface area contributed by atoms with Gasteiger partial charge in [-0.05, 0) is 23.3 Å². The van der Waals surface area contributed by atoms with E-state index in [0.29, 0.717) is 22.6 Å². The molecule has 188 valence electrons. The number of hydrogen-bond acceptors (Lipinski definition) is 8. The minimum Gasteiger partial charge on any atom is -0.497 e. The summed E-state index contributed by atoms with van der Waals surface area (Å²) >= 11 is 0. The van der Waals surface area contributed by atoms with E-state index in [2.05, 4.69) is 0 Å². The van der Waals surface area contributed by atoms with Crippen LogP contribution in [0.3, 0.4) is 0 Å². The van der Waals surface area contributed by atoms with Crippen molar-refractivity contribution in [1.82, 2.24) is 0 Å². The fourth-order valence-corrected chi connectivity index (χ4v) is 5.90. The van der Waals surface area contributed by atoms with Gasteiger partial charge in [0.1, 0.15) is 29.1 Å². The fourth-order valence-electron chi connectivity index (χ4n) is 5.90. The van der Waals surface area contributed by atoms with Gasteiger partial charge >= 0.3 is 5.97 Å². The first-order chi connectivity index (χ1) is 17.4. The van der Waals surface area contributed by atoms with E-state index in [-0.39, 0.29) is 17.1 Å². The standard InChI is InChI=1S/C28H28O8/c1-32-18-12-10-17(11-13-18)28-23(16-8-6-5-7-9-16)22(26(30)35-4)25(29)27(28,31)24-20(34-3)14-19(33-2)15-21(24)36-28/h5-15,22-23,25,29,31H,1-4H3/t22-,23?,25?,27+,28+/m0/s1. The van der Waals surface area contributed by atoms with E-state index in [1.807, 2.05) is 30.3 Å². The molecular weight excluding hydrogens is 464 g/mol. The highest BCUT2D eigenvalue weighted by molar-refractivity contribution is 5.78. The number of rotatable bonds is 6. The van der Waals surface area contributed by atoms with E-state index in [0.717, 1.165) is 0 Å². The number of hydrogen-bond donors (Lipinski definition) is 2. The van der Waals surface area contributed by atoms with Crippen LogP contribution < -0.4 is 18.9 Å². The van der Waals surface area contributed by atoms with E-state index in [1.54, 1.807) is 43.5 Å². The topological polar surface area (TPSA) is 104 Å². The Bertz CT molecular complexity index is 1270. The number of benzene rings is 3. The third-order valence-corrected chi connectivity index (χ3v) is 7.43. The average Bonchev–Trinajstić information content (AvgIpc) is 3.30. The van der Waals surface area contributed by atoms with E-state index in [9.17, 15) is 15.0 Å². The van der Waals surface area contributed by atoms with Crippen molar-refractivity contribution in [2.75, 3.05) is 28.4 Å². The SMILES string of the molecule is COC(=O)[C@@H]1C(O)[C@]2(O)c3c(OC)cc(OC)cc3O[C@]2(c2ccc(OC)cc2)C1c1ccccc1. The smallest absolute Gasteiger partial charge is 0.312 e. The lowest BCUT2D eigenvalue weighted by atomic mass is 9.70. The summed E-state index contributed by atoms with van der Waals surface area (Å²) in [5, 5.41) is 24.5. The molecule has 1 heterocycles. The molecule has 0 aromatic heterocycles. The third kappa shape index (κ3) is 3.04. The summed E-state index contributed by atoms with van der Waals surface area (Å²) in [5.74, 6) is -1.04. The Hall–Kier alpha value is -3.75. The van der Waals surface area contributed by atoms with Crippen LogP contribution in [0.15, 0.2) is 66.7 Å². The predicted molar refractivity (Wildman–Crippen MR) is 129 cm³/mol. The van der Waals surface area contributed by atoms with Crippen LogP contribution in [0.4, 0.5) is 0 Å². The molecule has 5 rings (SSSR count). The number of fused-ring (bicyclic) bond motifs is 3. The second-order valence-electron chi connectivity index (χ2n) is 8.92. The van der Waals surface area contributed by atoms with Gasteiger partial charge in [-0.3, -0.25) is 4.79 Å². The molecule has 3 aromatic rings. The molecule has 1 aliphatic heterocycles. The van der Waals surface area contributed by atoms with Crippen molar-refractivity contribution in [2.24, 2.45) is 5.92 Å². The maximum Gasteiger partial charge on any atom is 0.312 e. The van der Waals surface area contributed by atoms with Crippen molar-refractivity contribution in [3.05, 3.63) is 83.4 Å². The third-order valence-electron chi connectivity index (χ3n) is 7.43. The zero-order valence-electron chi connectivity index (χ0n) is 20.4. The van der Waals surface area contributed by atoms with Crippen molar-refractivity contribution in [1.29, 1.82) is 0 Å². The van der Waals surface area contributed by atoms with Crippen molar-refractivity contribution < 1.29 is 38.7 Å². The maximum absolute atomic E-state index is 13.2. The predicted octanol–water partition coefficient (Wildman–Crippen LogP) is 3.14. The van der Waals surface area contributed by atoms with Gasteiger partial charge in [-0.25, -0.2) is 0 Å². The zero-order valence-corrected chi connectivity index (χ0v) is 20.4. The largest absolute Gasteiger partial charge is 0.497 e. The Labute approximate surface area is 209 Å². The molecule has 5 atom stereocenters. The summed E-state index contributed by atoms with van der Waals surface area (Å²) in [4.78, 5) is 13.2. The van der Waals surface area contributed by atoms with Gasteiger partial charge < -0.3 is 33.9 Å². The first-order valence-electron chi connectivity index (χ1n) is 11.5. The number of aliphatic hydroxyl groups is 2. The van der Waals surface area contributed by atoms with E-state index in [1.165, 1.54) is 21.3 Å². The second-order valence-corrected chi connectivity index (χ2v) is 8.92. The molecular formula is C28H28O8. The molecule has 0 saturated heterocycles. The molecule has 0 amide bonds. The van der Waals surface area contributed by atoms with Crippen molar-refractivity contribution >= 4 is 5.97 Å². The molecule has 1 saturated carbocycles. The summed E-state index contributed by atoms with van der Waals surface area (Å²) in [6.45, 7) is 0. The number of aliphatic hydroxyl groups excluding tert-OH is 1. The highest BCUT2D eigenvalue weighted by Gasteiger charge is 2.78. The van der Waals surface area contributed by atoms with Gasteiger partial charge in [-0.1, -0.05) is 42.5 Å². The molecule has 1 aliphatic carbocycles. The van der Waals surface area contributed by atoms with Crippen LogP contribution in [0.5, 0.6) is 23.0 Å². The molecule has 2 aliphatic rings. The van der Waals surface area contributed by atoms with E-state index < -0.39 is 35.1 Å².